The Labute approximate surface area is 124 Å². The molecule has 0 saturated heterocycles. The fraction of sp³-hybridized carbons (Fsp3) is 0.154. The molecular weight excluding hydrogens is 305 g/mol. The van der Waals surface area contributed by atoms with E-state index in [1.807, 2.05) is 6.92 Å². The van der Waals surface area contributed by atoms with Gasteiger partial charge in [0.2, 0.25) is 0 Å². The van der Waals surface area contributed by atoms with E-state index in [1.54, 1.807) is 23.6 Å². The van der Waals surface area contributed by atoms with E-state index in [4.69, 9.17) is 28.3 Å². The van der Waals surface area contributed by atoms with Gasteiger partial charge >= 0.3 is 5.97 Å². The van der Waals surface area contributed by atoms with E-state index >= 15 is 0 Å². The van der Waals surface area contributed by atoms with Crippen molar-refractivity contribution in [3.63, 3.8) is 0 Å². The quantitative estimate of drug-likeness (QED) is 0.861. The molecule has 0 aliphatic carbocycles. The molecule has 3 nitrogen and oxygen atoms in total. The van der Waals surface area contributed by atoms with Crippen molar-refractivity contribution in [2.45, 2.75) is 13.5 Å². The lowest BCUT2D eigenvalue weighted by Crippen LogP contribution is -1.99. The molecule has 0 saturated carbocycles. The van der Waals surface area contributed by atoms with Crippen LogP contribution in [0, 0.1) is 6.92 Å². The third-order valence-corrected chi connectivity index (χ3v) is 4.26. The minimum atomic E-state index is -0.918. The van der Waals surface area contributed by atoms with Crippen LogP contribution in [0.1, 0.15) is 20.8 Å². The van der Waals surface area contributed by atoms with Crippen LogP contribution in [0.4, 0.5) is 5.69 Å². The number of carboxylic acids is 1. The average molecular weight is 316 g/mol. The summed E-state index contributed by atoms with van der Waals surface area (Å²) in [6.45, 7) is 2.40. The standard InChI is InChI=1S/C13H11Cl2NO2S/c1-7-2-11(15)12(4-10(7)14)16-5-9-3-8(6-19-9)13(17)18/h2-4,6,16H,5H2,1H3,(H,17,18). The first-order valence-electron chi connectivity index (χ1n) is 5.47. The second-order valence-electron chi connectivity index (χ2n) is 4.04. The number of anilines is 1. The number of aromatic carboxylic acids is 1. The zero-order chi connectivity index (χ0) is 14.0. The number of benzene rings is 1. The summed E-state index contributed by atoms with van der Waals surface area (Å²) in [7, 11) is 0. The predicted octanol–water partition coefficient (Wildman–Crippen LogP) is 4.67. The van der Waals surface area contributed by atoms with E-state index in [-0.39, 0.29) is 0 Å². The first-order valence-corrected chi connectivity index (χ1v) is 7.11. The highest BCUT2D eigenvalue weighted by atomic mass is 35.5. The summed E-state index contributed by atoms with van der Waals surface area (Å²) in [5.41, 5.74) is 1.96. The van der Waals surface area contributed by atoms with Gasteiger partial charge in [0.1, 0.15) is 0 Å². The first-order chi connectivity index (χ1) is 8.97. The minimum absolute atomic E-state index is 0.301. The molecule has 19 heavy (non-hydrogen) atoms. The van der Waals surface area contributed by atoms with Gasteiger partial charge in [0, 0.05) is 21.8 Å². The molecule has 0 fully saturated rings. The summed E-state index contributed by atoms with van der Waals surface area (Å²) < 4.78 is 0. The van der Waals surface area contributed by atoms with E-state index in [2.05, 4.69) is 5.32 Å². The number of carboxylic acid groups (broad SMARTS) is 1. The number of nitrogens with one attached hydrogen (secondary N) is 1. The van der Waals surface area contributed by atoms with Crippen molar-refractivity contribution in [1.29, 1.82) is 0 Å². The largest absolute Gasteiger partial charge is 0.478 e. The molecule has 2 rings (SSSR count). The molecule has 1 aromatic carbocycles. The van der Waals surface area contributed by atoms with Gasteiger partial charge in [0.15, 0.2) is 0 Å². The van der Waals surface area contributed by atoms with Crippen LogP contribution in [0.15, 0.2) is 23.6 Å². The molecule has 2 N–H and O–H groups in total. The Morgan fingerprint density at radius 3 is 2.68 bits per heavy atom. The molecule has 0 radical (unpaired) electrons. The van der Waals surface area contributed by atoms with Gasteiger partial charge in [0.25, 0.3) is 0 Å². The van der Waals surface area contributed by atoms with E-state index < -0.39 is 5.97 Å². The van der Waals surface area contributed by atoms with E-state index in [0.717, 1.165) is 16.1 Å². The molecule has 100 valence electrons. The van der Waals surface area contributed by atoms with Crippen LogP contribution in [0.2, 0.25) is 10.0 Å². The Balaban J connectivity index is 2.09. The molecule has 1 heterocycles. The number of aryl methyl sites for hydroxylation is 1. The van der Waals surface area contributed by atoms with Crippen LogP contribution in [0.5, 0.6) is 0 Å². The van der Waals surface area contributed by atoms with Gasteiger partial charge in [-0.05, 0) is 30.7 Å². The Morgan fingerprint density at radius 1 is 1.32 bits per heavy atom. The Hall–Kier alpha value is -1.23. The predicted molar refractivity (Wildman–Crippen MR) is 79.8 cm³/mol. The second kappa shape index (κ2) is 5.82. The maximum absolute atomic E-state index is 10.8. The molecule has 0 bridgehead atoms. The van der Waals surface area contributed by atoms with Crippen LogP contribution in [-0.2, 0) is 6.54 Å². The van der Waals surface area contributed by atoms with Crippen molar-refractivity contribution in [3.8, 4) is 0 Å². The van der Waals surface area contributed by atoms with Crippen LogP contribution >= 0.6 is 34.5 Å². The average Bonchev–Trinajstić information content (AvgIpc) is 2.81. The molecule has 0 aliphatic rings. The molecule has 0 unspecified atom stereocenters. The smallest absolute Gasteiger partial charge is 0.336 e. The Bertz CT molecular complexity index is 625. The molecular formula is C13H11Cl2NO2S. The van der Waals surface area contributed by atoms with Gasteiger partial charge in [0.05, 0.1) is 16.3 Å². The van der Waals surface area contributed by atoms with Crippen molar-refractivity contribution >= 4 is 46.2 Å². The van der Waals surface area contributed by atoms with Crippen LogP contribution in [-0.4, -0.2) is 11.1 Å². The molecule has 0 spiro atoms. The molecule has 0 atom stereocenters. The van der Waals surface area contributed by atoms with E-state index in [9.17, 15) is 4.79 Å². The minimum Gasteiger partial charge on any atom is -0.478 e. The lowest BCUT2D eigenvalue weighted by molar-refractivity contribution is 0.0697. The monoisotopic (exact) mass is 315 g/mol. The van der Waals surface area contributed by atoms with E-state index in [0.29, 0.717) is 22.2 Å². The van der Waals surface area contributed by atoms with Gasteiger partial charge in [-0.1, -0.05) is 23.2 Å². The summed E-state index contributed by atoms with van der Waals surface area (Å²) in [6.07, 6.45) is 0. The topological polar surface area (TPSA) is 49.3 Å². The van der Waals surface area contributed by atoms with Crippen molar-refractivity contribution in [3.05, 3.63) is 49.6 Å². The van der Waals surface area contributed by atoms with Gasteiger partial charge < -0.3 is 10.4 Å². The maximum Gasteiger partial charge on any atom is 0.336 e. The fourth-order valence-electron chi connectivity index (χ4n) is 1.55. The van der Waals surface area contributed by atoms with Gasteiger partial charge in [-0.25, -0.2) is 4.79 Å². The summed E-state index contributed by atoms with van der Waals surface area (Å²) in [5.74, 6) is -0.918. The van der Waals surface area contributed by atoms with E-state index in [1.165, 1.54) is 11.3 Å². The van der Waals surface area contributed by atoms with Crippen LogP contribution in [0.3, 0.4) is 0 Å². The number of hydrogen-bond donors (Lipinski definition) is 2. The number of halogens is 2. The van der Waals surface area contributed by atoms with Crippen molar-refractivity contribution in [2.24, 2.45) is 0 Å². The zero-order valence-corrected chi connectivity index (χ0v) is 12.4. The number of carbonyl (C=O) groups is 1. The van der Waals surface area contributed by atoms with Gasteiger partial charge in [-0.3, -0.25) is 0 Å². The molecule has 1 aromatic heterocycles. The third kappa shape index (κ3) is 3.41. The summed E-state index contributed by atoms with van der Waals surface area (Å²) in [6, 6.07) is 5.21. The second-order valence-corrected chi connectivity index (χ2v) is 5.85. The molecule has 6 heteroatoms. The third-order valence-electron chi connectivity index (χ3n) is 2.60. The fourth-order valence-corrected chi connectivity index (χ4v) is 2.80. The van der Waals surface area contributed by atoms with Crippen molar-refractivity contribution in [1.82, 2.24) is 0 Å². The normalized spacial score (nSPS) is 10.5. The lowest BCUT2D eigenvalue weighted by Gasteiger charge is -2.09. The van der Waals surface area contributed by atoms with Gasteiger partial charge in [-0.15, -0.1) is 11.3 Å². The Kier molecular flexibility index (Phi) is 4.34. The first kappa shape index (κ1) is 14.2. The van der Waals surface area contributed by atoms with Crippen LogP contribution in [0.25, 0.3) is 0 Å². The van der Waals surface area contributed by atoms with Crippen molar-refractivity contribution < 1.29 is 9.90 Å². The lowest BCUT2D eigenvalue weighted by atomic mass is 10.2. The Morgan fingerprint density at radius 2 is 2.05 bits per heavy atom. The summed E-state index contributed by atoms with van der Waals surface area (Å²) >= 11 is 13.5. The highest BCUT2D eigenvalue weighted by Gasteiger charge is 2.08. The number of thiophene rings is 1. The van der Waals surface area contributed by atoms with Gasteiger partial charge in [-0.2, -0.15) is 0 Å². The van der Waals surface area contributed by atoms with Crippen LogP contribution < -0.4 is 5.32 Å². The number of rotatable bonds is 4. The maximum atomic E-state index is 10.8. The molecule has 0 amide bonds. The summed E-state index contributed by atoms with van der Waals surface area (Å²) in [5, 5.41) is 14.8. The highest BCUT2D eigenvalue weighted by Crippen LogP contribution is 2.29. The molecule has 0 aliphatic heterocycles. The SMILES string of the molecule is Cc1cc(Cl)c(NCc2cc(C(=O)O)cs2)cc1Cl. The summed E-state index contributed by atoms with van der Waals surface area (Å²) in [4.78, 5) is 11.7. The zero-order valence-electron chi connectivity index (χ0n) is 10.0. The van der Waals surface area contributed by atoms with Crippen molar-refractivity contribution in [2.75, 3.05) is 5.32 Å². The molecule has 2 aromatic rings. The number of hydrogen-bond acceptors (Lipinski definition) is 3. The highest BCUT2D eigenvalue weighted by molar-refractivity contribution is 7.10.